The van der Waals surface area contributed by atoms with Crippen molar-refractivity contribution in [2.45, 2.75) is 6.92 Å². The van der Waals surface area contributed by atoms with Crippen molar-refractivity contribution in [1.29, 1.82) is 0 Å². The minimum Gasteiger partial charge on any atom is -0.464 e. The number of hydrogen-bond acceptors (Lipinski definition) is 1. The number of rotatable bonds is 1. The molecule has 2 rings (SSSR count). The molecule has 12 heavy (non-hydrogen) atoms. The van der Waals surface area contributed by atoms with Gasteiger partial charge in [0.05, 0.1) is 6.26 Å². The van der Waals surface area contributed by atoms with Crippen molar-refractivity contribution in [3.8, 4) is 11.3 Å². The van der Waals surface area contributed by atoms with Crippen LogP contribution in [-0.4, -0.2) is 0 Å². The van der Waals surface area contributed by atoms with E-state index in [-0.39, 0.29) is 0 Å². The molecule has 0 radical (unpaired) electrons. The molecule has 1 heteroatoms. The van der Waals surface area contributed by atoms with Crippen molar-refractivity contribution < 1.29 is 4.42 Å². The van der Waals surface area contributed by atoms with E-state index in [1.165, 1.54) is 5.56 Å². The minimum absolute atomic E-state index is 0.926. The van der Waals surface area contributed by atoms with Crippen LogP contribution in [0.2, 0.25) is 0 Å². The summed E-state index contributed by atoms with van der Waals surface area (Å²) in [4.78, 5) is 0. The highest BCUT2D eigenvalue weighted by Gasteiger charge is 1.97. The molecule has 0 unspecified atom stereocenters. The average molecular weight is 158 g/mol. The van der Waals surface area contributed by atoms with E-state index in [1.54, 1.807) is 6.26 Å². The van der Waals surface area contributed by atoms with Gasteiger partial charge in [0, 0.05) is 5.56 Å². The molecule has 2 aromatic rings. The zero-order valence-corrected chi connectivity index (χ0v) is 6.95. The average Bonchev–Trinajstić information content (AvgIpc) is 2.58. The van der Waals surface area contributed by atoms with Gasteiger partial charge < -0.3 is 4.42 Å². The van der Waals surface area contributed by atoms with E-state index in [2.05, 4.69) is 31.2 Å². The number of hydrogen-bond donors (Lipinski definition) is 0. The molecule has 1 aromatic carbocycles. The molecule has 0 amide bonds. The monoisotopic (exact) mass is 158 g/mol. The fourth-order valence-corrected chi connectivity index (χ4v) is 1.16. The van der Waals surface area contributed by atoms with Crippen LogP contribution in [0.15, 0.2) is 47.1 Å². The summed E-state index contributed by atoms with van der Waals surface area (Å²) in [5.74, 6) is 0.926. The second-order valence-electron chi connectivity index (χ2n) is 2.84. The molecular formula is C11H10O. The third-order valence-electron chi connectivity index (χ3n) is 1.86. The van der Waals surface area contributed by atoms with Crippen LogP contribution in [0, 0.1) is 6.92 Å². The Kier molecular flexibility index (Phi) is 1.71. The summed E-state index contributed by atoms with van der Waals surface area (Å²) in [5.41, 5.74) is 2.40. The topological polar surface area (TPSA) is 13.1 Å². The Bertz CT molecular complexity index is 343. The lowest BCUT2D eigenvalue weighted by Crippen LogP contribution is -1.73. The van der Waals surface area contributed by atoms with E-state index in [0.717, 1.165) is 11.3 Å². The second kappa shape index (κ2) is 2.86. The Labute approximate surface area is 71.6 Å². The summed E-state index contributed by atoms with van der Waals surface area (Å²) < 4.78 is 5.26. The number of benzene rings is 1. The Hall–Kier alpha value is -1.50. The first-order chi connectivity index (χ1) is 5.86. The molecule has 0 spiro atoms. The van der Waals surface area contributed by atoms with Crippen LogP contribution in [-0.2, 0) is 0 Å². The van der Waals surface area contributed by atoms with Gasteiger partial charge in [0.1, 0.15) is 5.76 Å². The van der Waals surface area contributed by atoms with Crippen molar-refractivity contribution >= 4 is 0 Å². The van der Waals surface area contributed by atoms with Gasteiger partial charge in [-0.25, -0.2) is 0 Å². The van der Waals surface area contributed by atoms with Gasteiger partial charge in [-0.3, -0.25) is 0 Å². The van der Waals surface area contributed by atoms with Crippen molar-refractivity contribution in [2.75, 3.05) is 0 Å². The van der Waals surface area contributed by atoms with Gasteiger partial charge >= 0.3 is 0 Å². The van der Waals surface area contributed by atoms with Gasteiger partial charge in [-0.2, -0.15) is 0 Å². The Morgan fingerprint density at radius 2 is 1.75 bits per heavy atom. The molecule has 0 N–H and O–H groups in total. The lowest BCUT2D eigenvalue weighted by atomic mass is 10.1. The standard InChI is InChI=1S/C11H10O/c1-9-4-6-10(7-5-9)11-3-2-8-12-11/h2-8H,1H3. The minimum atomic E-state index is 0.926. The van der Waals surface area contributed by atoms with Crippen LogP contribution < -0.4 is 0 Å². The molecule has 0 saturated carbocycles. The van der Waals surface area contributed by atoms with Crippen molar-refractivity contribution in [2.24, 2.45) is 0 Å². The summed E-state index contributed by atoms with van der Waals surface area (Å²) in [7, 11) is 0. The predicted molar refractivity (Wildman–Crippen MR) is 48.9 cm³/mol. The molecule has 1 aromatic heterocycles. The van der Waals surface area contributed by atoms with Crippen molar-refractivity contribution in [1.82, 2.24) is 0 Å². The first-order valence-corrected chi connectivity index (χ1v) is 3.97. The zero-order chi connectivity index (χ0) is 8.39. The first kappa shape index (κ1) is 7.17. The fourth-order valence-electron chi connectivity index (χ4n) is 1.16. The Balaban J connectivity index is 2.43. The van der Waals surface area contributed by atoms with Gasteiger partial charge in [0.2, 0.25) is 0 Å². The molecule has 60 valence electrons. The molecule has 0 fully saturated rings. The third-order valence-corrected chi connectivity index (χ3v) is 1.86. The highest BCUT2D eigenvalue weighted by atomic mass is 16.3. The highest BCUT2D eigenvalue weighted by molar-refractivity contribution is 5.57. The lowest BCUT2D eigenvalue weighted by molar-refractivity contribution is 0.582. The van der Waals surface area contributed by atoms with E-state index in [1.807, 2.05) is 12.1 Å². The molecule has 0 bridgehead atoms. The summed E-state index contributed by atoms with van der Waals surface area (Å²) in [6.07, 6.45) is 1.69. The summed E-state index contributed by atoms with van der Waals surface area (Å²) in [5, 5.41) is 0. The largest absolute Gasteiger partial charge is 0.464 e. The van der Waals surface area contributed by atoms with Crippen LogP contribution >= 0.6 is 0 Å². The van der Waals surface area contributed by atoms with Crippen LogP contribution in [0.25, 0.3) is 11.3 Å². The number of aryl methyl sites for hydroxylation is 1. The molecule has 1 heterocycles. The maximum Gasteiger partial charge on any atom is 0.133 e. The number of furan rings is 1. The van der Waals surface area contributed by atoms with Crippen LogP contribution in [0.4, 0.5) is 0 Å². The van der Waals surface area contributed by atoms with Crippen LogP contribution in [0.5, 0.6) is 0 Å². The van der Waals surface area contributed by atoms with E-state index >= 15 is 0 Å². The van der Waals surface area contributed by atoms with E-state index in [0.29, 0.717) is 0 Å². The third kappa shape index (κ3) is 1.26. The molecule has 0 aliphatic rings. The summed E-state index contributed by atoms with van der Waals surface area (Å²) >= 11 is 0. The molecule has 1 nitrogen and oxygen atoms in total. The van der Waals surface area contributed by atoms with Gasteiger partial charge in [-0.1, -0.05) is 29.8 Å². The molecule has 0 atom stereocenters. The van der Waals surface area contributed by atoms with Crippen molar-refractivity contribution in [3.63, 3.8) is 0 Å². The quantitative estimate of drug-likeness (QED) is 0.620. The Morgan fingerprint density at radius 1 is 1.00 bits per heavy atom. The summed E-state index contributed by atoms with van der Waals surface area (Å²) in [6, 6.07) is 12.2. The SMILES string of the molecule is Cc1ccc(-c2ccco2)cc1. The second-order valence-corrected chi connectivity index (χ2v) is 2.84. The predicted octanol–water partition coefficient (Wildman–Crippen LogP) is 3.26. The van der Waals surface area contributed by atoms with Crippen LogP contribution in [0.3, 0.4) is 0 Å². The molecule has 0 saturated heterocycles. The lowest BCUT2D eigenvalue weighted by Gasteiger charge is -1.96. The zero-order valence-electron chi connectivity index (χ0n) is 6.95. The molecule has 0 aliphatic carbocycles. The van der Waals surface area contributed by atoms with Crippen LogP contribution in [0.1, 0.15) is 5.56 Å². The van der Waals surface area contributed by atoms with Crippen molar-refractivity contribution in [3.05, 3.63) is 48.2 Å². The highest BCUT2D eigenvalue weighted by Crippen LogP contribution is 2.19. The molecule has 0 aliphatic heterocycles. The van der Waals surface area contributed by atoms with E-state index < -0.39 is 0 Å². The summed E-state index contributed by atoms with van der Waals surface area (Å²) in [6.45, 7) is 2.08. The van der Waals surface area contributed by atoms with Gasteiger partial charge in [0.15, 0.2) is 0 Å². The smallest absolute Gasteiger partial charge is 0.133 e. The maximum atomic E-state index is 5.26. The van der Waals surface area contributed by atoms with Gasteiger partial charge in [0.25, 0.3) is 0 Å². The normalized spacial score (nSPS) is 10.1. The fraction of sp³-hybridized carbons (Fsp3) is 0.0909. The van der Waals surface area contributed by atoms with Gasteiger partial charge in [-0.05, 0) is 19.1 Å². The first-order valence-electron chi connectivity index (χ1n) is 3.97. The van der Waals surface area contributed by atoms with E-state index in [4.69, 9.17) is 4.42 Å². The Morgan fingerprint density at radius 3 is 2.33 bits per heavy atom. The van der Waals surface area contributed by atoms with E-state index in [9.17, 15) is 0 Å². The molecular weight excluding hydrogens is 148 g/mol. The van der Waals surface area contributed by atoms with Gasteiger partial charge in [-0.15, -0.1) is 0 Å². The maximum absolute atomic E-state index is 5.26.